The molecular formula is C49H92N4. The molecule has 0 aliphatic carbocycles. The SMILES string of the molecule is CCCCC/C=C\C/C=C\CCCCCCCCC(CCCCCCCC/C=C\C/C=C\CCCCC)N/C=C(/CC(C)(C)CC(C)(C)N(C)C)N=N. The van der Waals surface area contributed by atoms with Gasteiger partial charge in [0.25, 0.3) is 0 Å². The maximum absolute atomic E-state index is 7.96. The van der Waals surface area contributed by atoms with Crippen molar-refractivity contribution in [3.8, 4) is 0 Å². The topological polar surface area (TPSA) is 51.5 Å². The normalized spacial score (nSPS) is 13.4. The van der Waals surface area contributed by atoms with Gasteiger partial charge in [-0.15, -0.1) is 0 Å². The molecule has 0 heterocycles. The Balaban J connectivity index is 4.61. The van der Waals surface area contributed by atoms with Crippen LogP contribution in [0.4, 0.5) is 0 Å². The number of rotatable bonds is 38. The Hall–Kier alpha value is -1.94. The van der Waals surface area contributed by atoms with E-state index in [-0.39, 0.29) is 11.0 Å². The monoisotopic (exact) mass is 737 g/mol. The van der Waals surface area contributed by atoms with Crippen LogP contribution in [0.1, 0.15) is 221 Å². The highest BCUT2D eigenvalue weighted by atomic mass is 15.1. The van der Waals surface area contributed by atoms with Crippen molar-refractivity contribution in [1.29, 1.82) is 5.53 Å². The summed E-state index contributed by atoms with van der Waals surface area (Å²) >= 11 is 0. The molecule has 0 aromatic rings. The number of nitrogens with one attached hydrogen (secondary N) is 2. The molecule has 0 amide bonds. The molecule has 0 spiro atoms. The van der Waals surface area contributed by atoms with Gasteiger partial charge in [0, 0.05) is 17.8 Å². The van der Waals surface area contributed by atoms with Crippen molar-refractivity contribution in [3.05, 3.63) is 60.5 Å². The van der Waals surface area contributed by atoms with E-state index >= 15 is 0 Å². The van der Waals surface area contributed by atoms with Crippen LogP contribution in [-0.4, -0.2) is 30.6 Å². The van der Waals surface area contributed by atoms with Crippen LogP contribution in [0.15, 0.2) is 65.6 Å². The van der Waals surface area contributed by atoms with Crippen molar-refractivity contribution in [2.45, 2.75) is 233 Å². The third-order valence-electron chi connectivity index (χ3n) is 10.9. The quantitative estimate of drug-likeness (QED) is 0.0377. The van der Waals surface area contributed by atoms with Crippen LogP contribution in [0.5, 0.6) is 0 Å². The highest BCUT2D eigenvalue weighted by Gasteiger charge is 2.31. The van der Waals surface area contributed by atoms with Gasteiger partial charge in [-0.25, -0.2) is 5.53 Å². The molecule has 0 atom stereocenters. The molecule has 4 nitrogen and oxygen atoms in total. The lowest BCUT2D eigenvalue weighted by Crippen LogP contribution is -2.42. The molecule has 53 heavy (non-hydrogen) atoms. The van der Waals surface area contributed by atoms with Crippen LogP contribution in [0.2, 0.25) is 0 Å². The molecule has 0 fully saturated rings. The number of allylic oxidation sites excluding steroid dienone is 9. The van der Waals surface area contributed by atoms with Gasteiger partial charge in [0.1, 0.15) is 0 Å². The molecule has 0 saturated heterocycles. The lowest BCUT2D eigenvalue weighted by atomic mass is 9.76. The second kappa shape index (κ2) is 35.7. The van der Waals surface area contributed by atoms with Gasteiger partial charge in [0.05, 0.1) is 5.70 Å². The van der Waals surface area contributed by atoms with Gasteiger partial charge in [0.15, 0.2) is 0 Å². The fraction of sp³-hybridized carbons (Fsp3) is 0.796. The van der Waals surface area contributed by atoms with Crippen molar-refractivity contribution in [3.63, 3.8) is 0 Å². The highest BCUT2D eigenvalue weighted by molar-refractivity contribution is 5.03. The summed E-state index contributed by atoms with van der Waals surface area (Å²) < 4.78 is 0. The molecule has 0 radical (unpaired) electrons. The summed E-state index contributed by atoms with van der Waals surface area (Å²) in [5.74, 6) is 0. The zero-order valence-corrected chi connectivity index (χ0v) is 37.0. The fourth-order valence-electron chi connectivity index (χ4n) is 7.29. The van der Waals surface area contributed by atoms with E-state index in [4.69, 9.17) is 5.53 Å². The smallest absolute Gasteiger partial charge is 0.0785 e. The second-order valence-corrected chi connectivity index (χ2v) is 17.6. The number of hydrogen-bond acceptors (Lipinski definition) is 4. The van der Waals surface area contributed by atoms with Crippen LogP contribution in [0, 0.1) is 10.9 Å². The van der Waals surface area contributed by atoms with Crippen LogP contribution < -0.4 is 5.32 Å². The molecule has 0 aliphatic heterocycles. The molecule has 0 aromatic heterocycles. The molecule has 4 heteroatoms. The predicted octanol–water partition coefficient (Wildman–Crippen LogP) is 16.4. The maximum Gasteiger partial charge on any atom is 0.0785 e. The maximum atomic E-state index is 7.96. The first-order chi connectivity index (χ1) is 25.6. The zero-order valence-electron chi connectivity index (χ0n) is 37.0. The van der Waals surface area contributed by atoms with Crippen LogP contribution in [0.3, 0.4) is 0 Å². The standard InChI is InChI=1S/C49H92N4/c1-9-11-13-15-17-19-21-23-25-27-29-31-33-35-37-39-41-46(51-44-47(52-50)43-48(3,4)45-49(5,6)53(7)8)42-40-38-36-34-32-30-28-26-24-22-20-18-16-14-12-10-2/h17-20,23-26,44,46,50-51H,9-16,21-22,27-43,45H2,1-8H3/b19-17-,20-18-,25-23-,26-24-,47-44-,52-50?. The van der Waals surface area contributed by atoms with Gasteiger partial charge in [-0.2, -0.15) is 5.11 Å². The van der Waals surface area contributed by atoms with Gasteiger partial charge in [-0.1, -0.05) is 166 Å². The number of hydrogen-bond donors (Lipinski definition) is 2. The van der Waals surface area contributed by atoms with E-state index in [1.54, 1.807) is 0 Å². The van der Waals surface area contributed by atoms with E-state index in [0.717, 1.165) is 31.4 Å². The van der Waals surface area contributed by atoms with Gasteiger partial charge >= 0.3 is 0 Å². The summed E-state index contributed by atoms with van der Waals surface area (Å²) in [6.45, 7) is 13.8. The molecule has 0 bridgehead atoms. The third kappa shape index (κ3) is 34.3. The summed E-state index contributed by atoms with van der Waals surface area (Å²) in [5.41, 5.74) is 9.01. The summed E-state index contributed by atoms with van der Waals surface area (Å²) in [5, 5.41) is 7.77. The molecule has 0 unspecified atom stereocenters. The zero-order chi connectivity index (χ0) is 39.3. The second-order valence-electron chi connectivity index (χ2n) is 17.6. The van der Waals surface area contributed by atoms with Crippen LogP contribution in [-0.2, 0) is 0 Å². The lowest BCUT2D eigenvalue weighted by molar-refractivity contribution is 0.120. The number of nitrogens with zero attached hydrogens (tertiary/aromatic N) is 2. The van der Waals surface area contributed by atoms with Gasteiger partial charge in [0.2, 0.25) is 0 Å². The molecule has 2 N–H and O–H groups in total. The molecule has 0 rings (SSSR count). The third-order valence-corrected chi connectivity index (χ3v) is 10.9. The first-order valence-corrected chi connectivity index (χ1v) is 22.7. The summed E-state index contributed by atoms with van der Waals surface area (Å²) in [7, 11) is 4.33. The van der Waals surface area contributed by atoms with Gasteiger partial charge < -0.3 is 10.2 Å². The first kappa shape index (κ1) is 51.1. The van der Waals surface area contributed by atoms with E-state index in [9.17, 15) is 0 Å². The van der Waals surface area contributed by atoms with Crippen molar-refractivity contribution in [2.75, 3.05) is 14.1 Å². The van der Waals surface area contributed by atoms with Gasteiger partial charge in [-0.05, 0) is 123 Å². The van der Waals surface area contributed by atoms with Crippen molar-refractivity contribution < 1.29 is 0 Å². The molecular weight excluding hydrogens is 645 g/mol. The first-order valence-electron chi connectivity index (χ1n) is 22.7. The minimum absolute atomic E-state index is 0.0722. The Kier molecular flexibility index (Phi) is 34.4. The summed E-state index contributed by atoms with van der Waals surface area (Å²) in [6, 6.07) is 0.477. The summed E-state index contributed by atoms with van der Waals surface area (Å²) in [6.07, 6.45) is 56.3. The molecule has 0 saturated carbocycles. The lowest BCUT2D eigenvalue weighted by Gasteiger charge is -2.39. The Morgan fingerprint density at radius 3 is 1.32 bits per heavy atom. The summed E-state index contributed by atoms with van der Waals surface area (Å²) in [4.78, 5) is 2.31. The van der Waals surface area contributed by atoms with Crippen LogP contribution >= 0.6 is 0 Å². The fourth-order valence-corrected chi connectivity index (χ4v) is 7.29. The minimum Gasteiger partial charge on any atom is -0.387 e. The van der Waals surface area contributed by atoms with E-state index in [0.29, 0.717) is 6.04 Å². The predicted molar refractivity (Wildman–Crippen MR) is 239 cm³/mol. The van der Waals surface area contributed by atoms with E-state index in [1.807, 2.05) is 0 Å². The Bertz CT molecular complexity index is 919. The van der Waals surface area contributed by atoms with Gasteiger partial charge in [-0.3, -0.25) is 0 Å². The highest BCUT2D eigenvalue weighted by Crippen LogP contribution is 2.36. The molecule has 308 valence electrons. The van der Waals surface area contributed by atoms with Crippen molar-refractivity contribution in [1.82, 2.24) is 10.2 Å². The van der Waals surface area contributed by atoms with Crippen LogP contribution in [0.25, 0.3) is 0 Å². The minimum atomic E-state index is 0.0722. The Labute approximate surface area is 332 Å². The van der Waals surface area contributed by atoms with Crippen molar-refractivity contribution in [2.24, 2.45) is 10.5 Å². The molecule has 0 aliphatic rings. The van der Waals surface area contributed by atoms with E-state index < -0.39 is 0 Å². The largest absolute Gasteiger partial charge is 0.387 e. The average molecular weight is 737 g/mol. The van der Waals surface area contributed by atoms with E-state index in [1.165, 1.54) is 154 Å². The van der Waals surface area contributed by atoms with E-state index in [2.05, 4.69) is 126 Å². The Morgan fingerprint density at radius 1 is 0.566 bits per heavy atom. The van der Waals surface area contributed by atoms with Crippen molar-refractivity contribution >= 4 is 0 Å². The molecule has 0 aromatic carbocycles. The number of unbranched alkanes of at least 4 members (excludes halogenated alkanes) is 18. The Morgan fingerprint density at radius 2 is 0.943 bits per heavy atom. The average Bonchev–Trinajstić information content (AvgIpc) is 3.11.